The van der Waals surface area contributed by atoms with E-state index >= 15 is 0 Å². The predicted molar refractivity (Wildman–Crippen MR) is 68.2 cm³/mol. The van der Waals surface area contributed by atoms with Gasteiger partial charge >= 0.3 is 0 Å². The van der Waals surface area contributed by atoms with Gasteiger partial charge < -0.3 is 10.5 Å². The molecule has 15 heavy (non-hydrogen) atoms. The summed E-state index contributed by atoms with van der Waals surface area (Å²) in [4.78, 5) is 0. The van der Waals surface area contributed by atoms with Gasteiger partial charge in [0.25, 0.3) is 0 Å². The van der Waals surface area contributed by atoms with E-state index in [0.29, 0.717) is 0 Å². The molecule has 0 amide bonds. The van der Waals surface area contributed by atoms with Crippen LogP contribution in [0.15, 0.2) is 24.3 Å². The van der Waals surface area contributed by atoms with Gasteiger partial charge in [-0.05, 0) is 22.9 Å². The Morgan fingerprint density at radius 2 is 1.73 bits per heavy atom. The first-order valence-electron chi connectivity index (χ1n) is 4.53. The fourth-order valence-electron chi connectivity index (χ4n) is 1.69. The first-order chi connectivity index (χ1) is 7.28. The monoisotopic (exact) mass is 235 g/mol. The number of hydrogen-bond acceptors (Lipinski definition) is 4. The van der Waals surface area contributed by atoms with Gasteiger partial charge in [-0.1, -0.05) is 23.5 Å². The van der Waals surface area contributed by atoms with Crippen molar-refractivity contribution in [2.45, 2.75) is 0 Å². The molecule has 4 heteroatoms. The number of anilines is 1. The van der Waals surface area contributed by atoms with E-state index in [0.717, 1.165) is 10.1 Å². The van der Waals surface area contributed by atoms with Crippen LogP contribution in [0.5, 0.6) is 5.06 Å². The van der Waals surface area contributed by atoms with Crippen LogP contribution in [0.2, 0.25) is 0 Å². The van der Waals surface area contributed by atoms with E-state index in [9.17, 15) is 0 Å². The van der Waals surface area contributed by atoms with Gasteiger partial charge in [-0.15, -0.1) is 11.3 Å². The van der Waals surface area contributed by atoms with Gasteiger partial charge in [-0.25, -0.2) is 0 Å². The third kappa shape index (κ3) is 1.29. The van der Waals surface area contributed by atoms with Crippen molar-refractivity contribution in [3.8, 4) is 5.06 Å². The molecule has 0 bridgehead atoms. The maximum Gasteiger partial charge on any atom is 0.174 e. The number of thiophene rings is 2. The average molecular weight is 235 g/mol. The summed E-state index contributed by atoms with van der Waals surface area (Å²) < 4.78 is 7.78. The lowest BCUT2D eigenvalue weighted by atomic mass is 10.2. The molecule has 3 aromatic rings. The Labute approximate surface area is 94.9 Å². The lowest BCUT2D eigenvalue weighted by molar-refractivity contribution is 0.427. The SMILES string of the molecule is COc1cc2ccc3cc(N)sc3c2s1. The minimum absolute atomic E-state index is 0.866. The molecule has 1 aromatic carbocycles. The summed E-state index contributed by atoms with van der Waals surface area (Å²) in [7, 11) is 1.70. The fourth-order valence-corrected chi connectivity index (χ4v) is 3.74. The summed E-state index contributed by atoms with van der Waals surface area (Å²) in [5.74, 6) is 0. The molecule has 0 fully saturated rings. The number of rotatable bonds is 1. The highest BCUT2D eigenvalue weighted by molar-refractivity contribution is 7.29. The molecule has 2 N–H and O–H groups in total. The summed E-state index contributed by atoms with van der Waals surface area (Å²) in [5, 5.41) is 4.26. The van der Waals surface area contributed by atoms with Gasteiger partial charge in [0.1, 0.15) is 0 Å². The van der Waals surface area contributed by atoms with E-state index in [-0.39, 0.29) is 0 Å². The van der Waals surface area contributed by atoms with Crippen molar-refractivity contribution in [3.63, 3.8) is 0 Å². The molecule has 2 nitrogen and oxygen atoms in total. The normalized spacial score (nSPS) is 11.3. The van der Waals surface area contributed by atoms with Crippen LogP contribution in [0.25, 0.3) is 20.2 Å². The van der Waals surface area contributed by atoms with Gasteiger partial charge in [0.15, 0.2) is 5.06 Å². The van der Waals surface area contributed by atoms with E-state index in [2.05, 4.69) is 18.2 Å². The second-order valence-electron chi connectivity index (χ2n) is 3.32. The van der Waals surface area contributed by atoms with E-state index in [1.54, 1.807) is 29.8 Å². The van der Waals surface area contributed by atoms with Crippen LogP contribution in [0, 0.1) is 0 Å². The van der Waals surface area contributed by atoms with Gasteiger partial charge in [0.2, 0.25) is 0 Å². The van der Waals surface area contributed by atoms with Crippen LogP contribution < -0.4 is 10.5 Å². The fraction of sp³-hybridized carbons (Fsp3) is 0.0909. The van der Waals surface area contributed by atoms with E-state index in [1.807, 2.05) is 6.07 Å². The van der Waals surface area contributed by atoms with Gasteiger partial charge in [0, 0.05) is 0 Å². The first kappa shape index (κ1) is 9.00. The molecule has 2 aromatic heterocycles. The zero-order chi connectivity index (χ0) is 10.4. The number of hydrogen-bond donors (Lipinski definition) is 1. The summed E-state index contributed by atoms with van der Waals surface area (Å²) >= 11 is 3.31. The van der Waals surface area contributed by atoms with Gasteiger partial charge in [-0.2, -0.15) is 0 Å². The Bertz CT molecular complexity index is 638. The Morgan fingerprint density at radius 1 is 1.07 bits per heavy atom. The molecule has 0 spiro atoms. The zero-order valence-corrected chi connectivity index (χ0v) is 9.74. The average Bonchev–Trinajstić information content (AvgIpc) is 2.78. The minimum Gasteiger partial charge on any atom is -0.487 e. The molecule has 0 unspecified atom stereocenters. The molecule has 0 atom stereocenters. The van der Waals surface area contributed by atoms with Crippen molar-refractivity contribution < 1.29 is 4.74 Å². The molecule has 0 radical (unpaired) electrons. The third-order valence-corrected chi connectivity index (χ3v) is 4.62. The summed E-state index contributed by atoms with van der Waals surface area (Å²) in [6.45, 7) is 0. The van der Waals surface area contributed by atoms with Gasteiger partial charge in [-0.3, -0.25) is 0 Å². The number of methoxy groups -OCH3 is 1. The first-order valence-corrected chi connectivity index (χ1v) is 6.17. The molecule has 0 aliphatic carbocycles. The van der Waals surface area contributed by atoms with E-state index < -0.39 is 0 Å². The standard InChI is InChI=1S/C11H9NOS2/c1-13-9-5-7-3-2-6-4-8(12)14-10(6)11(7)15-9/h2-5H,12H2,1H3. The Hall–Kier alpha value is -1.26. The Kier molecular flexibility index (Phi) is 1.87. The number of nitrogens with two attached hydrogens (primary N) is 1. The highest BCUT2D eigenvalue weighted by Crippen LogP contribution is 2.40. The molecule has 2 heterocycles. The van der Waals surface area contributed by atoms with Crippen LogP contribution >= 0.6 is 22.7 Å². The number of nitrogen functional groups attached to an aromatic ring is 1. The Balaban J connectivity index is 2.46. The number of fused-ring (bicyclic) bond motifs is 3. The molecule has 3 rings (SSSR count). The van der Waals surface area contributed by atoms with Crippen molar-refractivity contribution >= 4 is 47.8 Å². The zero-order valence-electron chi connectivity index (χ0n) is 8.11. The molecular weight excluding hydrogens is 226 g/mol. The van der Waals surface area contributed by atoms with Crippen molar-refractivity contribution in [2.24, 2.45) is 0 Å². The second-order valence-corrected chi connectivity index (χ2v) is 5.42. The van der Waals surface area contributed by atoms with Gasteiger partial charge in [0.05, 0.1) is 21.5 Å². The number of benzene rings is 1. The lowest BCUT2D eigenvalue weighted by Gasteiger charge is -1.89. The molecular formula is C11H9NOS2. The topological polar surface area (TPSA) is 35.2 Å². The second kappa shape index (κ2) is 3.12. The largest absolute Gasteiger partial charge is 0.487 e. The Morgan fingerprint density at radius 3 is 2.47 bits per heavy atom. The van der Waals surface area contributed by atoms with E-state index in [4.69, 9.17) is 10.5 Å². The van der Waals surface area contributed by atoms with Crippen LogP contribution in [0.4, 0.5) is 5.00 Å². The lowest BCUT2D eigenvalue weighted by Crippen LogP contribution is -1.73. The smallest absolute Gasteiger partial charge is 0.174 e. The molecule has 0 saturated heterocycles. The number of ether oxygens (including phenoxy) is 1. The van der Waals surface area contributed by atoms with Crippen LogP contribution in [-0.4, -0.2) is 7.11 Å². The molecule has 0 aliphatic heterocycles. The molecule has 0 saturated carbocycles. The summed E-state index contributed by atoms with van der Waals surface area (Å²) in [6.07, 6.45) is 0. The van der Waals surface area contributed by atoms with Crippen LogP contribution in [0.1, 0.15) is 0 Å². The molecule has 0 aliphatic rings. The minimum atomic E-state index is 0.866. The quantitative estimate of drug-likeness (QED) is 0.698. The van der Waals surface area contributed by atoms with E-state index in [1.165, 1.54) is 20.2 Å². The van der Waals surface area contributed by atoms with Crippen LogP contribution in [0.3, 0.4) is 0 Å². The predicted octanol–water partition coefficient (Wildman–Crippen LogP) is 3.71. The summed E-state index contributed by atoms with van der Waals surface area (Å²) in [6, 6.07) is 8.31. The highest BCUT2D eigenvalue weighted by atomic mass is 32.1. The third-order valence-electron chi connectivity index (χ3n) is 2.37. The van der Waals surface area contributed by atoms with Crippen LogP contribution in [-0.2, 0) is 0 Å². The maximum atomic E-state index is 5.81. The van der Waals surface area contributed by atoms with Crippen molar-refractivity contribution in [3.05, 3.63) is 24.3 Å². The molecule has 76 valence electrons. The summed E-state index contributed by atoms with van der Waals surface area (Å²) in [5.41, 5.74) is 5.81. The van der Waals surface area contributed by atoms with Crippen molar-refractivity contribution in [2.75, 3.05) is 12.8 Å². The van der Waals surface area contributed by atoms with Crippen molar-refractivity contribution in [1.82, 2.24) is 0 Å². The van der Waals surface area contributed by atoms with Crippen molar-refractivity contribution in [1.29, 1.82) is 0 Å². The maximum absolute atomic E-state index is 5.81. The highest BCUT2D eigenvalue weighted by Gasteiger charge is 2.08.